The molecule has 1 rings (SSSR count). The van der Waals surface area contributed by atoms with Crippen LogP contribution in [0, 0.1) is 5.92 Å². The molecule has 0 fully saturated rings. The molecule has 4 nitrogen and oxygen atoms in total. The van der Waals surface area contributed by atoms with Crippen LogP contribution in [-0.2, 0) is 4.79 Å². The van der Waals surface area contributed by atoms with Crippen LogP contribution in [0.25, 0.3) is 0 Å². The van der Waals surface area contributed by atoms with E-state index < -0.39 is 0 Å². The third-order valence-electron chi connectivity index (χ3n) is 2.63. The van der Waals surface area contributed by atoms with Crippen molar-refractivity contribution in [3.63, 3.8) is 0 Å². The molecule has 1 aromatic rings. The molecule has 1 atom stereocenters. The summed E-state index contributed by atoms with van der Waals surface area (Å²) < 4.78 is 0.863. The van der Waals surface area contributed by atoms with Crippen molar-refractivity contribution >= 4 is 44.7 Å². The van der Waals surface area contributed by atoms with E-state index in [0.29, 0.717) is 18.1 Å². The van der Waals surface area contributed by atoms with Crippen LogP contribution >= 0.6 is 28.1 Å². The van der Waals surface area contributed by atoms with Crippen molar-refractivity contribution in [2.45, 2.75) is 6.92 Å². The van der Waals surface area contributed by atoms with Gasteiger partial charge in [0, 0.05) is 16.9 Å². The molecule has 0 spiro atoms. The summed E-state index contributed by atoms with van der Waals surface area (Å²) in [7, 11) is 1.87. The van der Waals surface area contributed by atoms with Gasteiger partial charge in [-0.2, -0.15) is 0 Å². The number of nitrogens with two attached hydrogens (primary N) is 1. The maximum atomic E-state index is 11.9. The molecule has 0 aliphatic heterocycles. The van der Waals surface area contributed by atoms with Crippen molar-refractivity contribution in [3.8, 4) is 0 Å². The first-order valence-corrected chi connectivity index (χ1v) is 7.12. The maximum absolute atomic E-state index is 11.9. The molecule has 3 N–H and O–H groups in total. The molecule has 0 aliphatic carbocycles. The van der Waals surface area contributed by atoms with E-state index >= 15 is 0 Å². The van der Waals surface area contributed by atoms with Crippen LogP contribution in [0.3, 0.4) is 0 Å². The average Bonchev–Trinajstić information content (AvgIpc) is 2.31. The number of nitrogens with one attached hydrogen (secondary N) is 1. The van der Waals surface area contributed by atoms with Crippen molar-refractivity contribution < 1.29 is 4.79 Å². The lowest BCUT2D eigenvalue weighted by Crippen LogP contribution is -2.36. The van der Waals surface area contributed by atoms with Crippen LogP contribution in [0.1, 0.15) is 6.92 Å². The number of likely N-dealkylation sites (N-methyl/N-ethyl adjacent to an activating group) is 1. The number of carbonyl (C=O) groups is 1. The topological polar surface area (TPSA) is 58.4 Å². The second kappa shape index (κ2) is 7.57. The number of thiocarbonyl (C=S) groups is 1. The van der Waals surface area contributed by atoms with E-state index in [9.17, 15) is 4.79 Å². The van der Waals surface area contributed by atoms with Gasteiger partial charge in [-0.3, -0.25) is 9.69 Å². The molecule has 0 radical (unpaired) electrons. The number of hydrogen-bond acceptors (Lipinski definition) is 3. The van der Waals surface area contributed by atoms with Crippen molar-refractivity contribution in [3.05, 3.63) is 28.7 Å². The van der Waals surface area contributed by atoms with Crippen molar-refractivity contribution in [2.24, 2.45) is 11.7 Å². The van der Waals surface area contributed by atoms with E-state index in [2.05, 4.69) is 21.2 Å². The fourth-order valence-corrected chi connectivity index (χ4v) is 2.08. The Kier molecular flexibility index (Phi) is 6.41. The van der Waals surface area contributed by atoms with Gasteiger partial charge in [0.25, 0.3) is 0 Å². The molecule has 1 unspecified atom stereocenters. The van der Waals surface area contributed by atoms with Crippen molar-refractivity contribution in [2.75, 3.05) is 25.5 Å². The van der Waals surface area contributed by atoms with Gasteiger partial charge in [0.15, 0.2) is 0 Å². The van der Waals surface area contributed by atoms with Crippen molar-refractivity contribution in [1.82, 2.24) is 4.90 Å². The van der Waals surface area contributed by atoms with Gasteiger partial charge in [-0.15, -0.1) is 0 Å². The highest BCUT2D eigenvalue weighted by Crippen LogP contribution is 2.20. The standard InChI is InChI=1S/C13H18BrN3OS/c1-9(13(15)19)7-17(2)8-12(18)16-11-6-4-3-5-10(11)14/h3-6,9H,7-8H2,1-2H3,(H2,15,19)(H,16,18). The van der Waals surface area contributed by atoms with Gasteiger partial charge in [0.2, 0.25) is 5.91 Å². The lowest BCUT2D eigenvalue weighted by Gasteiger charge is -2.20. The Morgan fingerprint density at radius 1 is 1.53 bits per heavy atom. The highest BCUT2D eigenvalue weighted by Gasteiger charge is 2.12. The molecular weight excluding hydrogens is 326 g/mol. The summed E-state index contributed by atoms with van der Waals surface area (Å²) in [5, 5.41) is 2.85. The number of hydrogen-bond donors (Lipinski definition) is 2. The quantitative estimate of drug-likeness (QED) is 0.777. The van der Waals surface area contributed by atoms with E-state index in [-0.39, 0.29) is 11.8 Å². The van der Waals surface area contributed by atoms with Gasteiger partial charge in [-0.05, 0) is 35.1 Å². The SMILES string of the molecule is CC(CN(C)CC(=O)Nc1ccccc1Br)C(N)=S. The summed E-state index contributed by atoms with van der Waals surface area (Å²) in [6.07, 6.45) is 0. The summed E-state index contributed by atoms with van der Waals surface area (Å²) >= 11 is 8.31. The van der Waals surface area contributed by atoms with Gasteiger partial charge in [0.05, 0.1) is 17.2 Å². The van der Waals surface area contributed by atoms with E-state index in [0.717, 1.165) is 10.2 Å². The molecule has 19 heavy (non-hydrogen) atoms. The molecule has 0 heterocycles. The van der Waals surface area contributed by atoms with Gasteiger partial charge in [-0.1, -0.05) is 31.3 Å². The number of benzene rings is 1. The summed E-state index contributed by atoms with van der Waals surface area (Å²) in [5.74, 6) is 0.0285. The lowest BCUT2D eigenvalue weighted by molar-refractivity contribution is -0.117. The minimum absolute atomic E-state index is 0.0652. The summed E-state index contributed by atoms with van der Waals surface area (Å²) in [5.41, 5.74) is 6.32. The number of amides is 1. The Hall–Kier alpha value is -0.980. The highest BCUT2D eigenvalue weighted by atomic mass is 79.9. The minimum Gasteiger partial charge on any atom is -0.393 e. The van der Waals surface area contributed by atoms with Crippen LogP contribution in [-0.4, -0.2) is 35.9 Å². The number of halogens is 1. The fraction of sp³-hybridized carbons (Fsp3) is 0.385. The Balaban J connectivity index is 2.47. The lowest BCUT2D eigenvalue weighted by atomic mass is 10.2. The predicted molar refractivity (Wildman–Crippen MR) is 86.2 cm³/mol. The highest BCUT2D eigenvalue weighted by molar-refractivity contribution is 9.10. The van der Waals surface area contributed by atoms with E-state index in [1.54, 1.807) is 0 Å². The first kappa shape index (κ1) is 16.1. The molecule has 0 bridgehead atoms. The maximum Gasteiger partial charge on any atom is 0.238 e. The third kappa shape index (κ3) is 5.67. The Bertz CT molecular complexity index is 467. The molecule has 1 amide bonds. The molecule has 0 aromatic heterocycles. The molecular formula is C13H18BrN3OS. The average molecular weight is 344 g/mol. The van der Waals surface area contributed by atoms with E-state index in [1.165, 1.54) is 0 Å². The molecule has 0 aliphatic rings. The number of rotatable bonds is 6. The molecule has 0 saturated carbocycles. The van der Waals surface area contributed by atoms with Gasteiger partial charge < -0.3 is 11.1 Å². The largest absolute Gasteiger partial charge is 0.393 e. The number of carbonyl (C=O) groups excluding carboxylic acids is 1. The predicted octanol–water partition coefficient (Wildman–Crippen LogP) is 2.24. The smallest absolute Gasteiger partial charge is 0.238 e. The third-order valence-corrected chi connectivity index (χ3v) is 3.73. The monoisotopic (exact) mass is 343 g/mol. The zero-order valence-corrected chi connectivity index (χ0v) is 13.4. The number of para-hydroxylation sites is 1. The van der Waals surface area contributed by atoms with Gasteiger partial charge in [0.1, 0.15) is 0 Å². The molecule has 1 aromatic carbocycles. The summed E-state index contributed by atoms with van der Waals surface area (Å²) in [6.45, 7) is 2.91. The van der Waals surface area contributed by atoms with Crippen LogP contribution in [0.2, 0.25) is 0 Å². The first-order chi connectivity index (χ1) is 8.90. The summed E-state index contributed by atoms with van der Waals surface area (Å²) in [6, 6.07) is 7.50. The number of anilines is 1. The second-order valence-electron chi connectivity index (χ2n) is 4.53. The van der Waals surface area contributed by atoms with E-state index in [4.69, 9.17) is 18.0 Å². The second-order valence-corrected chi connectivity index (χ2v) is 5.85. The molecule has 0 saturated heterocycles. The first-order valence-electron chi connectivity index (χ1n) is 5.92. The van der Waals surface area contributed by atoms with Gasteiger partial charge >= 0.3 is 0 Å². The Morgan fingerprint density at radius 2 is 2.16 bits per heavy atom. The van der Waals surface area contributed by atoms with Crippen molar-refractivity contribution in [1.29, 1.82) is 0 Å². The van der Waals surface area contributed by atoms with Gasteiger partial charge in [-0.25, -0.2) is 0 Å². The molecule has 6 heteroatoms. The van der Waals surface area contributed by atoms with Crippen LogP contribution in [0.5, 0.6) is 0 Å². The Morgan fingerprint density at radius 3 is 2.74 bits per heavy atom. The molecule has 104 valence electrons. The summed E-state index contributed by atoms with van der Waals surface area (Å²) in [4.78, 5) is 14.3. The van der Waals surface area contributed by atoms with E-state index in [1.807, 2.05) is 43.1 Å². The Labute approximate surface area is 127 Å². The number of nitrogens with zero attached hydrogens (tertiary/aromatic N) is 1. The van der Waals surface area contributed by atoms with Crippen LogP contribution < -0.4 is 11.1 Å². The van der Waals surface area contributed by atoms with Crippen LogP contribution in [0.15, 0.2) is 28.7 Å². The zero-order valence-electron chi connectivity index (χ0n) is 11.0. The normalized spacial score (nSPS) is 12.2. The zero-order chi connectivity index (χ0) is 14.4. The fourth-order valence-electron chi connectivity index (χ4n) is 1.62. The van der Waals surface area contributed by atoms with Crippen LogP contribution in [0.4, 0.5) is 5.69 Å². The minimum atomic E-state index is -0.0652.